The zero-order chi connectivity index (χ0) is 20.4. The molecule has 0 fully saturated rings. The van der Waals surface area contributed by atoms with Crippen molar-refractivity contribution < 1.29 is 38.3 Å². The van der Waals surface area contributed by atoms with Crippen molar-refractivity contribution in [1.29, 1.82) is 0 Å². The molecule has 1 N–H and O–H groups in total. The van der Waals surface area contributed by atoms with Gasteiger partial charge < -0.3 is 33.5 Å². The maximum atomic E-state index is 11.8. The predicted molar refractivity (Wildman–Crippen MR) is 97.8 cm³/mol. The van der Waals surface area contributed by atoms with E-state index >= 15 is 0 Å². The van der Waals surface area contributed by atoms with Gasteiger partial charge in [0.15, 0.2) is 11.2 Å². The minimum atomic E-state index is -1.17. The first-order chi connectivity index (χ1) is 13.5. The van der Waals surface area contributed by atoms with E-state index in [0.29, 0.717) is 33.0 Å². The molecule has 0 aromatic carbocycles. The molecule has 2 rings (SSSR count). The number of ether oxygens (including phenoxy) is 6. The second-order valence-corrected chi connectivity index (χ2v) is 6.05. The summed E-state index contributed by atoms with van der Waals surface area (Å²) >= 11 is 0. The van der Waals surface area contributed by atoms with Crippen LogP contribution >= 0.6 is 0 Å². The number of carbonyl (C=O) groups is 1. The van der Waals surface area contributed by atoms with Crippen molar-refractivity contribution >= 4 is 11.9 Å². The number of carbonyl (C=O) groups excluding carboxylic acids is 1. The normalized spacial score (nSPS) is 18.5. The fourth-order valence-corrected chi connectivity index (χ4v) is 2.28. The Hall–Kier alpha value is -2.43. The Morgan fingerprint density at radius 3 is 2.50 bits per heavy atom. The van der Waals surface area contributed by atoms with E-state index in [1.165, 1.54) is 19.2 Å². The number of methoxy groups -OCH3 is 2. The lowest BCUT2D eigenvalue weighted by Gasteiger charge is -2.13. The highest BCUT2D eigenvalue weighted by atomic mass is 16.6. The van der Waals surface area contributed by atoms with E-state index in [4.69, 9.17) is 28.4 Å². The van der Waals surface area contributed by atoms with Crippen molar-refractivity contribution in [2.24, 2.45) is 4.99 Å². The second kappa shape index (κ2) is 10.8. The van der Waals surface area contributed by atoms with Gasteiger partial charge in [0.1, 0.15) is 19.0 Å². The Kier molecular flexibility index (Phi) is 8.42. The molecule has 0 amide bonds. The third-order valence-electron chi connectivity index (χ3n) is 3.80. The van der Waals surface area contributed by atoms with Crippen LogP contribution in [0.1, 0.15) is 12.6 Å². The second-order valence-electron chi connectivity index (χ2n) is 6.05. The minimum Gasteiger partial charge on any atom is -0.505 e. The molecule has 28 heavy (non-hydrogen) atoms. The van der Waals surface area contributed by atoms with Crippen LogP contribution in [0, 0.1) is 0 Å². The van der Waals surface area contributed by atoms with Crippen molar-refractivity contribution in [2.75, 3.05) is 60.5 Å². The Morgan fingerprint density at radius 2 is 1.82 bits per heavy atom. The third kappa shape index (κ3) is 6.04. The van der Waals surface area contributed by atoms with E-state index in [9.17, 15) is 9.90 Å². The van der Waals surface area contributed by atoms with E-state index < -0.39 is 11.5 Å². The summed E-state index contributed by atoms with van der Waals surface area (Å²) in [5, 5.41) is 10.0. The van der Waals surface area contributed by atoms with Crippen molar-refractivity contribution in [2.45, 2.75) is 12.5 Å². The molecule has 0 radical (unpaired) electrons. The van der Waals surface area contributed by atoms with Gasteiger partial charge in [0.2, 0.25) is 11.8 Å². The van der Waals surface area contributed by atoms with Crippen molar-refractivity contribution in [3.05, 3.63) is 17.8 Å². The van der Waals surface area contributed by atoms with Gasteiger partial charge in [-0.1, -0.05) is 0 Å². The van der Waals surface area contributed by atoms with E-state index in [2.05, 4.69) is 9.98 Å². The monoisotopic (exact) mass is 398 g/mol. The molecule has 2 heterocycles. The number of esters is 1. The van der Waals surface area contributed by atoms with Crippen LogP contribution in [0.25, 0.3) is 0 Å². The van der Waals surface area contributed by atoms with Crippen molar-refractivity contribution in [3.8, 4) is 11.6 Å². The number of pyridine rings is 1. The van der Waals surface area contributed by atoms with Crippen LogP contribution in [-0.2, 0) is 28.5 Å². The summed E-state index contributed by atoms with van der Waals surface area (Å²) in [5.41, 5.74) is -1.08. The number of aromatic hydroxyl groups is 1. The average molecular weight is 398 g/mol. The van der Waals surface area contributed by atoms with Crippen LogP contribution < -0.4 is 4.74 Å². The molecule has 10 nitrogen and oxygen atoms in total. The molecule has 1 aliphatic heterocycles. The quantitative estimate of drug-likeness (QED) is 0.398. The minimum absolute atomic E-state index is 0.00149. The van der Waals surface area contributed by atoms with Gasteiger partial charge in [0.05, 0.1) is 40.1 Å². The van der Waals surface area contributed by atoms with E-state index in [0.717, 1.165) is 0 Å². The van der Waals surface area contributed by atoms with Gasteiger partial charge in [-0.25, -0.2) is 14.8 Å². The largest absolute Gasteiger partial charge is 0.505 e. The van der Waals surface area contributed by atoms with E-state index in [-0.39, 0.29) is 36.4 Å². The molecule has 1 aromatic heterocycles. The van der Waals surface area contributed by atoms with Gasteiger partial charge in [0.25, 0.3) is 0 Å². The molecule has 156 valence electrons. The lowest BCUT2D eigenvalue weighted by atomic mass is 10.1. The molecule has 0 saturated heterocycles. The number of hydrogen-bond donors (Lipinski definition) is 1. The number of aromatic nitrogens is 1. The molecule has 0 saturated carbocycles. The summed E-state index contributed by atoms with van der Waals surface area (Å²) in [7, 11) is 2.89. The van der Waals surface area contributed by atoms with Gasteiger partial charge in [-0.15, -0.1) is 0 Å². The lowest BCUT2D eigenvalue weighted by molar-refractivity contribution is -0.146. The Labute approximate surface area is 163 Å². The summed E-state index contributed by atoms with van der Waals surface area (Å²) in [6.45, 7) is 4.19. The molecule has 10 heteroatoms. The average Bonchev–Trinajstić information content (AvgIpc) is 3.10. The van der Waals surface area contributed by atoms with Crippen LogP contribution in [-0.4, -0.2) is 88.0 Å². The van der Waals surface area contributed by atoms with Crippen LogP contribution in [0.2, 0.25) is 0 Å². The summed E-state index contributed by atoms with van der Waals surface area (Å²) in [6, 6.07) is 2.93. The van der Waals surface area contributed by atoms with E-state index in [1.54, 1.807) is 14.0 Å². The van der Waals surface area contributed by atoms with Crippen LogP contribution in [0.4, 0.5) is 0 Å². The van der Waals surface area contributed by atoms with Gasteiger partial charge in [-0.2, -0.15) is 0 Å². The van der Waals surface area contributed by atoms with Crippen LogP contribution in [0.5, 0.6) is 11.6 Å². The highest BCUT2D eigenvalue weighted by molar-refractivity contribution is 5.99. The first kappa shape index (κ1) is 21.9. The molecular weight excluding hydrogens is 372 g/mol. The summed E-state index contributed by atoms with van der Waals surface area (Å²) in [5.74, 6) is -0.339. The highest BCUT2D eigenvalue weighted by Crippen LogP contribution is 2.27. The topological polar surface area (TPSA) is 118 Å². The zero-order valence-electron chi connectivity index (χ0n) is 16.3. The summed E-state index contributed by atoms with van der Waals surface area (Å²) in [4.78, 5) is 20.2. The molecule has 0 spiro atoms. The molecule has 1 aromatic rings. The SMILES string of the molecule is COCCOCCOCCOc1ccc(O)c(C2=NC(C)(C(=O)OC)CO2)n1. The fourth-order valence-electron chi connectivity index (χ4n) is 2.28. The first-order valence-electron chi connectivity index (χ1n) is 8.79. The van der Waals surface area contributed by atoms with Gasteiger partial charge >= 0.3 is 5.97 Å². The summed E-state index contributed by atoms with van der Waals surface area (Å²) < 4.78 is 31.2. The van der Waals surface area contributed by atoms with E-state index in [1.807, 2.05) is 0 Å². The number of nitrogens with zero attached hydrogens (tertiary/aromatic N) is 2. The maximum Gasteiger partial charge on any atom is 0.337 e. The molecule has 1 aliphatic rings. The third-order valence-corrected chi connectivity index (χ3v) is 3.80. The number of rotatable bonds is 12. The van der Waals surface area contributed by atoms with Gasteiger partial charge in [-0.3, -0.25) is 0 Å². The standard InChI is InChI=1S/C18H26N2O8/c1-18(17(22)24-3)12-28-16(20-18)15-13(21)4-5-14(19-15)27-11-10-26-9-8-25-7-6-23-2/h4-5,21H,6-12H2,1-3H3. The van der Waals surface area contributed by atoms with Gasteiger partial charge in [0, 0.05) is 13.2 Å². The maximum absolute atomic E-state index is 11.8. The zero-order valence-corrected chi connectivity index (χ0v) is 16.3. The Morgan fingerprint density at radius 1 is 1.14 bits per heavy atom. The first-order valence-corrected chi connectivity index (χ1v) is 8.79. The molecule has 0 aliphatic carbocycles. The number of hydrogen-bond acceptors (Lipinski definition) is 10. The van der Waals surface area contributed by atoms with Gasteiger partial charge in [-0.05, 0) is 13.0 Å². The molecule has 1 atom stereocenters. The highest BCUT2D eigenvalue weighted by Gasteiger charge is 2.41. The predicted octanol–water partition coefficient (Wildman–Crippen LogP) is 0.554. The van der Waals surface area contributed by atoms with Crippen molar-refractivity contribution in [3.63, 3.8) is 0 Å². The fraction of sp³-hybridized carbons (Fsp3) is 0.611. The Balaban J connectivity index is 1.83. The number of aliphatic imine (C=N–C) groups is 1. The molecule has 1 unspecified atom stereocenters. The lowest BCUT2D eigenvalue weighted by Crippen LogP contribution is -2.35. The molecule has 0 bridgehead atoms. The summed E-state index contributed by atoms with van der Waals surface area (Å²) in [6.07, 6.45) is 0. The molecular formula is C18H26N2O8. The van der Waals surface area contributed by atoms with Crippen LogP contribution in [0.15, 0.2) is 17.1 Å². The smallest absolute Gasteiger partial charge is 0.337 e. The van der Waals surface area contributed by atoms with Crippen LogP contribution in [0.3, 0.4) is 0 Å². The Bertz CT molecular complexity index is 682. The van der Waals surface area contributed by atoms with Crippen molar-refractivity contribution in [1.82, 2.24) is 4.98 Å².